The first-order valence-electron chi connectivity index (χ1n) is 15.0. The zero-order valence-electron chi connectivity index (χ0n) is 25.7. The van der Waals surface area contributed by atoms with Crippen LogP contribution in [-0.4, -0.2) is 55.4 Å². The van der Waals surface area contributed by atoms with Crippen LogP contribution < -0.4 is 0 Å². The van der Waals surface area contributed by atoms with Crippen LogP contribution in [0.5, 0.6) is 0 Å². The van der Waals surface area contributed by atoms with Crippen LogP contribution in [0.3, 0.4) is 0 Å². The van der Waals surface area contributed by atoms with Crippen LogP contribution in [0.2, 0.25) is 0 Å². The number of sulfone groups is 1. The summed E-state index contributed by atoms with van der Waals surface area (Å²) in [5.41, 5.74) is -9.06. The quantitative estimate of drug-likeness (QED) is 0.198. The number of rotatable bonds is 8. The number of carbonyl (C=O) groups excluding carboxylic acids is 1. The molecule has 0 aromatic heterocycles. The fraction of sp³-hybridized carbons (Fsp3) is 0.424. The van der Waals surface area contributed by atoms with Crippen molar-refractivity contribution < 1.29 is 62.6 Å². The molecule has 1 saturated carbocycles. The van der Waals surface area contributed by atoms with Crippen molar-refractivity contribution in [2.45, 2.75) is 72.4 Å². The van der Waals surface area contributed by atoms with Crippen molar-refractivity contribution in [3.8, 4) is 0 Å². The lowest BCUT2D eigenvalue weighted by Gasteiger charge is -2.48. The summed E-state index contributed by atoms with van der Waals surface area (Å²) in [6.45, 7) is 0.209. The van der Waals surface area contributed by atoms with Gasteiger partial charge in [0.1, 0.15) is 22.2 Å². The number of hydrogen-bond acceptors (Lipinski definition) is 5. The van der Waals surface area contributed by atoms with Crippen LogP contribution in [-0.2, 0) is 36.3 Å². The van der Waals surface area contributed by atoms with Crippen molar-refractivity contribution in [1.82, 2.24) is 4.90 Å². The number of carbonyl (C=O) groups is 1. The summed E-state index contributed by atoms with van der Waals surface area (Å²) in [6, 6.07) is 7.99. The van der Waals surface area contributed by atoms with Gasteiger partial charge in [-0.2, -0.15) is 26.3 Å². The molecule has 49 heavy (non-hydrogen) atoms. The van der Waals surface area contributed by atoms with Crippen LogP contribution >= 0.6 is 0 Å². The Morgan fingerprint density at radius 2 is 1.37 bits per heavy atom. The van der Waals surface area contributed by atoms with E-state index in [0.717, 1.165) is 42.5 Å². The lowest BCUT2D eigenvalue weighted by molar-refractivity contribution is -0.392. The lowest BCUT2D eigenvalue weighted by Crippen LogP contribution is -2.56. The Morgan fingerprint density at radius 1 is 0.857 bits per heavy atom. The second-order valence-electron chi connectivity index (χ2n) is 12.6. The number of halogens is 9. The molecule has 2 aliphatic rings. The zero-order valence-corrected chi connectivity index (χ0v) is 26.5. The summed E-state index contributed by atoms with van der Waals surface area (Å²) in [5.74, 6) is -4.98. The molecule has 0 bridgehead atoms. The van der Waals surface area contributed by atoms with Gasteiger partial charge in [0.05, 0.1) is 17.1 Å². The van der Waals surface area contributed by atoms with Gasteiger partial charge < -0.3 is 14.7 Å². The molecular weight excluding hydrogens is 693 g/mol. The third-order valence-electron chi connectivity index (χ3n) is 9.40. The molecule has 0 atom stereocenters. The second-order valence-corrected chi connectivity index (χ2v) is 14.9. The Bertz CT molecular complexity index is 1760. The molecule has 266 valence electrons. The number of ether oxygens (including phenoxy) is 1. The first kappa shape index (κ1) is 36.6. The Balaban J connectivity index is 1.55. The van der Waals surface area contributed by atoms with E-state index in [9.17, 15) is 57.8 Å². The Kier molecular flexibility index (Phi) is 9.43. The van der Waals surface area contributed by atoms with Crippen LogP contribution in [0.15, 0.2) is 71.6 Å². The van der Waals surface area contributed by atoms with Gasteiger partial charge >= 0.3 is 12.4 Å². The van der Waals surface area contributed by atoms with Crippen molar-refractivity contribution in [2.75, 3.05) is 13.1 Å². The molecule has 0 unspecified atom stereocenters. The average molecular weight is 724 g/mol. The smallest absolute Gasteiger partial charge is 0.390 e. The van der Waals surface area contributed by atoms with Crippen molar-refractivity contribution in [1.29, 1.82) is 0 Å². The molecule has 1 aliphatic carbocycles. The highest BCUT2D eigenvalue weighted by molar-refractivity contribution is 7.92. The van der Waals surface area contributed by atoms with E-state index >= 15 is 0 Å². The molecule has 0 spiro atoms. The van der Waals surface area contributed by atoms with Gasteiger partial charge in [-0.1, -0.05) is 30.3 Å². The summed E-state index contributed by atoms with van der Waals surface area (Å²) in [4.78, 5) is 14.4. The molecule has 1 N–H and O–H groups in total. The van der Waals surface area contributed by atoms with Crippen molar-refractivity contribution >= 4 is 15.7 Å². The summed E-state index contributed by atoms with van der Waals surface area (Å²) < 4.78 is 159. The largest absolute Gasteiger partial charge is 0.430 e. The normalized spacial score (nSPS) is 21.7. The van der Waals surface area contributed by atoms with Crippen LogP contribution in [0.25, 0.3) is 0 Å². The molecule has 1 saturated heterocycles. The predicted octanol–water partition coefficient (Wildman–Crippen LogP) is 7.09. The SMILES string of the molecule is CC1(O)CCN(C(=O)[C@H]2C[C@@](c3ccc(C(OCc4c(F)cccc4F)(C(F)(F)F)C(F)(F)F)cc3)(S(=O)(=O)c3ccc(F)cc3)C2)CC1. The molecule has 1 amide bonds. The molecule has 3 aromatic carbocycles. The van der Waals surface area contributed by atoms with Gasteiger partial charge in [0.2, 0.25) is 5.91 Å². The Hall–Kier alpha value is -3.63. The number of benzene rings is 3. The number of nitrogens with zero attached hydrogens (tertiary/aromatic N) is 1. The number of aliphatic hydroxyl groups is 1. The minimum atomic E-state index is -6.22. The maximum Gasteiger partial charge on any atom is 0.430 e. The highest BCUT2D eigenvalue weighted by atomic mass is 32.2. The predicted molar refractivity (Wildman–Crippen MR) is 156 cm³/mol. The van der Waals surface area contributed by atoms with Crippen molar-refractivity contribution in [3.63, 3.8) is 0 Å². The monoisotopic (exact) mass is 723 g/mol. The average Bonchev–Trinajstić information content (AvgIpc) is 2.97. The van der Waals surface area contributed by atoms with E-state index in [0.29, 0.717) is 24.3 Å². The number of likely N-dealkylation sites (tertiary alicyclic amines) is 1. The first-order chi connectivity index (χ1) is 22.7. The minimum Gasteiger partial charge on any atom is -0.390 e. The Labute approximate surface area is 275 Å². The van der Waals surface area contributed by atoms with Crippen molar-refractivity contribution in [3.05, 3.63) is 101 Å². The highest BCUT2D eigenvalue weighted by Gasteiger charge is 2.73. The van der Waals surface area contributed by atoms with E-state index in [1.807, 2.05) is 0 Å². The van der Waals surface area contributed by atoms with Gasteiger partial charge in [0.15, 0.2) is 9.84 Å². The van der Waals surface area contributed by atoms with E-state index in [2.05, 4.69) is 4.74 Å². The number of alkyl halides is 6. The van der Waals surface area contributed by atoms with E-state index < -0.39 is 103 Å². The van der Waals surface area contributed by atoms with Gasteiger partial charge in [-0.15, -0.1) is 0 Å². The minimum absolute atomic E-state index is 0.183. The van der Waals surface area contributed by atoms with Gasteiger partial charge in [-0.3, -0.25) is 4.79 Å². The molecule has 0 radical (unpaired) electrons. The third kappa shape index (κ3) is 6.42. The maximum atomic E-state index is 14.5. The fourth-order valence-corrected chi connectivity index (χ4v) is 8.66. The molecule has 1 heterocycles. The van der Waals surface area contributed by atoms with Gasteiger partial charge in [-0.25, -0.2) is 21.6 Å². The van der Waals surface area contributed by atoms with Crippen molar-refractivity contribution in [2.24, 2.45) is 5.92 Å². The summed E-state index contributed by atoms with van der Waals surface area (Å²) in [5, 5.41) is 10.2. The van der Waals surface area contributed by atoms with E-state index in [1.165, 1.54) is 4.90 Å². The molecule has 16 heteroatoms. The zero-order chi connectivity index (χ0) is 36.2. The molecular formula is C33H30F9NO5S. The standard InChI is InChI=1S/C33H30F9NO5S/c1-29(45)13-15-43(16-14-29)28(44)20-17-30(18-20,49(46,47)24-11-9-23(34)10-12-24)21-5-7-22(8-6-21)31(32(37,38)39,33(40,41)42)48-19-25-26(35)3-2-4-27(25)36/h2-12,20,45H,13-19H2,1H3/t20-,30+. The number of hydrogen-bond donors (Lipinski definition) is 1. The third-order valence-corrected chi connectivity index (χ3v) is 11.9. The van der Waals surface area contributed by atoms with Gasteiger partial charge in [0.25, 0.3) is 5.60 Å². The second kappa shape index (κ2) is 12.6. The van der Waals surface area contributed by atoms with Crippen LogP contribution in [0, 0.1) is 23.4 Å². The molecule has 5 rings (SSSR count). The van der Waals surface area contributed by atoms with Crippen LogP contribution in [0.4, 0.5) is 39.5 Å². The van der Waals surface area contributed by atoms with E-state index in [-0.39, 0.29) is 31.5 Å². The van der Waals surface area contributed by atoms with Gasteiger partial charge in [-0.05, 0) is 74.6 Å². The highest BCUT2D eigenvalue weighted by Crippen LogP contribution is 2.57. The molecule has 1 aliphatic heterocycles. The maximum absolute atomic E-state index is 14.5. The first-order valence-corrected chi connectivity index (χ1v) is 16.5. The van der Waals surface area contributed by atoms with E-state index in [1.54, 1.807) is 6.92 Å². The number of amides is 1. The number of piperidine rings is 1. The van der Waals surface area contributed by atoms with E-state index in [4.69, 9.17) is 0 Å². The summed E-state index contributed by atoms with van der Waals surface area (Å²) in [6.07, 6.45) is -12.7. The summed E-state index contributed by atoms with van der Waals surface area (Å²) in [7, 11) is -4.55. The lowest BCUT2D eigenvalue weighted by atomic mass is 9.69. The molecule has 6 nitrogen and oxygen atoms in total. The van der Waals surface area contributed by atoms with Gasteiger partial charge in [0, 0.05) is 30.1 Å². The van der Waals surface area contributed by atoms with Crippen LogP contribution in [0.1, 0.15) is 49.3 Å². The molecule has 2 fully saturated rings. The molecule has 3 aromatic rings. The topological polar surface area (TPSA) is 83.9 Å². The summed E-state index contributed by atoms with van der Waals surface area (Å²) >= 11 is 0. The Morgan fingerprint density at radius 3 is 1.86 bits per heavy atom. The fourth-order valence-electron chi connectivity index (χ4n) is 6.42.